The third-order valence-corrected chi connectivity index (χ3v) is 5.38. The van der Waals surface area contributed by atoms with E-state index >= 15 is 0 Å². The van der Waals surface area contributed by atoms with Crippen molar-refractivity contribution in [3.8, 4) is 0 Å². The second kappa shape index (κ2) is 11.4. The van der Waals surface area contributed by atoms with E-state index in [4.69, 9.17) is 0 Å². The summed E-state index contributed by atoms with van der Waals surface area (Å²) in [5, 5.41) is 6.48. The molecule has 0 amide bonds. The summed E-state index contributed by atoms with van der Waals surface area (Å²) in [5.41, 5.74) is 1.62. The highest BCUT2D eigenvalue weighted by Crippen LogP contribution is 2.24. The van der Waals surface area contributed by atoms with Crippen molar-refractivity contribution in [2.24, 2.45) is 4.99 Å². The molecule has 1 aliphatic heterocycles. The number of piperidine rings is 1. The Hall–Kier alpha value is -1.74. The van der Waals surface area contributed by atoms with Crippen LogP contribution in [0, 0.1) is 11.6 Å². The Morgan fingerprint density at radius 1 is 1.14 bits per heavy atom. The van der Waals surface area contributed by atoms with Crippen molar-refractivity contribution in [3.63, 3.8) is 0 Å². The maximum atomic E-state index is 13.8. The SMILES string of the molecule is CN=C(NCc1cc(F)ccc1F)NC1CCN(C(C)c2ccccc2)CC1.I. The molecule has 0 bridgehead atoms. The molecular weight excluding hydrogens is 485 g/mol. The first kappa shape index (κ1) is 23.5. The van der Waals surface area contributed by atoms with E-state index in [2.05, 4.69) is 51.7 Å². The van der Waals surface area contributed by atoms with Crippen LogP contribution in [0.4, 0.5) is 8.78 Å². The van der Waals surface area contributed by atoms with Gasteiger partial charge in [-0.15, -0.1) is 24.0 Å². The maximum Gasteiger partial charge on any atom is 0.191 e. The molecule has 0 radical (unpaired) electrons. The number of nitrogens with zero attached hydrogens (tertiary/aromatic N) is 2. The van der Waals surface area contributed by atoms with Crippen molar-refractivity contribution in [1.82, 2.24) is 15.5 Å². The number of nitrogens with one attached hydrogen (secondary N) is 2. The van der Waals surface area contributed by atoms with Gasteiger partial charge in [0.25, 0.3) is 0 Å². The molecule has 1 aliphatic rings. The smallest absolute Gasteiger partial charge is 0.191 e. The zero-order chi connectivity index (χ0) is 19.9. The molecule has 3 rings (SSSR count). The first-order chi connectivity index (χ1) is 13.6. The minimum atomic E-state index is -0.443. The average molecular weight is 514 g/mol. The van der Waals surface area contributed by atoms with Crippen molar-refractivity contribution < 1.29 is 8.78 Å². The number of rotatable bonds is 5. The first-order valence-electron chi connectivity index (χ1n) is 9.77. The second-order valence-electron chi connectivity index (χ2n) is 7.20. The fourth-order valence-electron chi connectivity index (χ4n) is 3.62. The molecule has 2 N–H and O–H groups in total. The Morgan fingerprint density at radius 3 is 2.48 bits per heavy atom. The number of aliphatic imine (C=N–C) groups is 1. The quantitative estimate of drug-likeness (QED) is 0.352. The normalized spacial score (nSPS) is 16.8. The van der Waals surface area contributed by atoms with Crippen LogP contribution in [0.5, 0.6) is 0 Å². The lowest BCUT2D eigenvalue weighted by Crippen LogP contribution is -2.48. The monoisotopic (exact) mass is 514 g/mol. The lowest BCUT2D eigenvalue weighted by atomic mass is 10.0. The Balaban J connectivity index is 0.00000300. The lowest BCUT2D eigenvalue weighted by Gasteiger charge is -2.37. The standard InChI is InChI=1S/C22H28F2N4.HI/c1-16(17-6-4-3-5-7-17)28-12-10-20(11-13-28)27-22(25-2)26-15-18-14-19(23)8-9-21(18)24;/h3-9,14,16,20H,10-13,15H2,1-2H3,(H2,25,26,27);1H. The maximum absolute atomic E-state index is 13.8. The van der Waals surface area contributed by atoms with Gasteiger partial charge in [0.15, 0.2) is 5.96 Å². The summed E-state index contributed by atoms with van der Waals surface area (Å²) in [6.45, 7) is 4.44. The van der Waals surface area contributed by atoms with Crippen LogP contribution in [0.15, 0.2) is 53.5 Å². The Bertz CT molecular complexity index is 793. The van der Waals surface area contributed by atoms with E-state index < -0.39 is 11.6 Å². The van der Waals surface area contributed by atoms with Crippen LogP contribution in [0.2, 0.25) is 0 Å². The molecule has 2 aromatic rings. The van der Waals surface area contributed by atoms with Crippen LogP contribution < -0.4 is 10.6 Å². The Morgan fingerprint density at radius 2 is 1.83 bits per heavy atom. The summed E-state index contributed by atoms with van der Waals surface area (Å²) < 4.78 is 27.1. The molecule has 0 aliphatic carbocycles. The minimum absolute atomic E-state index is 0. The lowest BCUT2D eigenvalue weighted by molar-refractivity contribution is 0.158. The number of halogens is 3. The van der Waals surface area contributed by atoms with Gasteiger partial charge >= 0.3 is 0 Å². The number of hydrogen-bond donors (Lipinski definition) is 2. The highest BCUT2D eigenvalue weighted by molar-refractivity contribution is 14.0. The summed E-state index contributed by atoms with van der Waals surface area (Å²) in [6.07, 6.45) is 2.01. The molecule has 1 unspecified atom stereocenters. The van der Waals surface area contributed by atoms with Gasteiger partial charge in [0.05, 0.1) is 0 Å². The largest absolute Gasteiger partial charge is 0.354 e. The number of likely N-dealkylation sites (tertiary alicyclic amines) is 1. The average Bonchev–Trinajstić information content (AvgIpc) is 2.74. The van der Waals surface area contributed by atoms with Crippen LogP contribution in [0.1, 0.15) is 36.9 Å². The molecule has 1 fully saturated rings. The van der Waals surface area contributed by atoms with Crippen molar-refractivity contribution in [3.05, 3.63) is 71.3 Å². The molecule has 0 spiro atoms. The van der Waals surface area contributed by atoms with E-state index in [1.807, 2.05) is 6.07 Å². The molecule has 1 heterocycles. The molecule has 1 saturated heterocycles. The Kier molecular flexibility index (Phi) is 9.29. The van der Waals surface area contributed by atoms with Crippen LogP contribution in [-0.2, 0) is 6.54 Å². The van der Waals surface area contributed by atoms with Crippen molar-refractivity contribution >= 4 is 29.9 Å². The zero-order valence-electron chi connectivity index (χ0n) is 16.9. The van der Waals surface area contributed by atoms with Crippen LogP contribution >= 0.6 is 24.0 Å². The van der Waals surface area contributed by atoms with E-state index in [0.29, 0.717) is 18.0 Å². The van der Waals surface area contributed by atoms with Crippen molar-refractivity contribution in [1.29, 1.82) is 0 Å². The first-order valence-corrected chi connectivity index (χ1v) is 9.77. The molecule has 0 aromatic heterocycles. The highest BCUT2D eigenvalue weighted by atomic mass is 127. The van der Waals surface area contributed by atoms with E-state index in [9.17, 15) is 8.78 Å². The predicted octanol–water partition coefficient (Wildman–Crippen LogP) is 4.47. The van der Waals surface area contributed by atoms with E-state index in [-0.39, 0.29) is 36.1 Å². The fourth-order valence-corrected chi connectivity index (χ4v) is 3.62. The van der Waals surface area contributed by atoms with Gasteiger partial charge in [-0.25, -0.2) is 8.78 Å². The van der Waals surface area contributed by atoms with Crippen LogP contribution in [0.25, 0.3) is 0 Å². The molecule has 158 valence electrons. The van der Waals surface area contributed by atoms with E-state index in [0.717, 1.165) is 38.1 Å². The molecule has 1 atom stereocenters. The van der Waals surface area contributed by atoms with Crippen molar-refractivity contribution in [2.75, 3.05) is 20.1 Å². The number of hydrogen-bond acceptors (Lipinski definition) is 2. The molecule has 7 heteroatoms. The van der Waals surface area contributed by atoms with E-state index in [1.54, 1.807) is 7.05 Å². The number of benzene rings is 2. The molecule has 4 nitrogen and oxygen atoms in total. The van der Waals surface area contributed by atoms with Crippen LogP contribution in [-0.4, -0.2) is 37.0 Å². The summed E-state index contributed by atoms with van der Waals surface area (Å²) >= 11 is 0. The summed E-state index contributed by atoms with van der Waals surface area (Å²) in [5.74, 6) is -0.258. The molecular formula is C22H29F2IN4. The third-order valence-electron chi connectivity index (χ3n) is 5.38. The summed E-state index contributed by atoms with van der Waals surface area (Å²) in [7, 11) is 1.68. The third kappa shape index (κ3) is 6.64. The van der Waals surface area contributed by atoms with Crippen molar-refractivity contribution in [2.45, 2.75) is 38.4 Å². The predicted molar refractivity (Wildman–Crippen MR) is 125 cm³/mol. The second-order valence-corrected chi connectivity index (χ2v) is 7.20. The summed E-state index contributed by atoms with van der Waals surface area (Å²) in [6, 6.07) is 14.7. The van der Waals surface area contributed by atoms with Gasteiger partial charge in [0.1, 0.15) is 11.6 Å². The fraction of sp³-hybridized carbons (Fsp3) is 0.409. The van der Waals surface area contributed by atoms with E-state index in [1.165, 1.54) is 11.6 Å². The zero-order valence-corrected chi connectivity index (χ0v) is 19.2. The minimum Gasteiger partial charge on any atom is -0.354 e. The molecule has 0 saturated carbocycles. The van der Waals surface area contributed by atoms with Gasteiger partial charge in [-0.1, -0.05) is 30.3 Å². The Labute approximate surface area is 188 Å². The van der Waals surface area contributed by atoms with Crippen LogP contribution in [0.3, 0.4) is 0 Å². The number of guanidine groups is 1. The van der Waals surface area contributed by atoms with Gasteiger partial charge in [-0.05, 0) is 43.5 Å². The molecule has 29 heavy (non-hydrogen) atoms. The van der Waals surface area contributed by atoms with Gasteiger partial charge in [0, 0.05) is 44.3 Å². The topological polar surface area (TPSA) is 39.7 Å². The van der Waals surface area contributed by atoms with Gasteiger partial charge < -0.3 is 10.6 Å². The van der Waals surface area contributed by atoms with Gasteiger partial charge in [0.2, 0.25) is 0 Å². The van der Waals surface area contributed by atoms with Gasteiger partial charge in [-0.2, -0.15) is 0 Å². The van der Waals surface area contributed by atoms with Gasteiger partial charge in [-0.3, -0.25) is 9.89 Å². The molecule has 2 aromatic carbocycles. The summed E-state index contributed by atoms with van der Waals surface area (Å²) in [4.78, 5) is 6.71. The highest BCUT2D eigenvalue weighted by Gasteiger charge is 2.24.